The van der Waals surface area contributed by atoms with Gasteiger partial charge in [-0.1, -0.05) is 30.0 Å². The van der Waals surface area contributed by atoms with Gasteiger partial charge in [0.1, 0.15) is 0 Å². The average Bonchev–Trinajstić information content (AvgIpc) is 3.17. The third-order valence-corrected chi connectivity index (χ3v) is 7.02. The Labute approximate surface area is 155 Å². The van der Waals surface area contributed by atoms with Crippen LogP contribution in [0.25, 0.3) is 11.3 Å². The molecule has 0 aliphatic carbocycles. The van der Waals surface area contributed by atoms with Crippen molar-refractivity contribution in [1.29, 1.82) is 0 Å². The Bertz CT molecular complexity index is 913. The molecule has 2 aliphatic rings. The third kappa shape index (κ3) is 2.97. The van der Waals surface area contributed by atoms with Gasteiger partial charge >= 0.3 is 0 Å². The van der Waals surface area contributed by atoms with Crippen molar-refractivity contribution in [2.24, 2.45) is 0 Å². The minimum Gasteiger partial charge on any atom is -0.354 e. The molecule has 1 saturated heterocycles. The van der Waals surface area contributed by atoms with Crippen molar-refractivity contribution in [2.45, 2.75) is 28.6 Å². The van der Waals surface area contributed by atoms with Crippen LogP contribution in [0.5, 0.6) is 0 Å². The van der Waals surface area contributed by atoms with Gasteiger partial charge in [0.2, 0.25) is 0 Å². The van der Waals surface area contributed by atoms with Gasteiger partial charge in [0.15, 0.2) is 0 Å². The lowest BCUT2D eigenvalue weighted by Crippen LogP contribution is -2.26. The molecular formula is C20H19N3S2. The number of aromatic nitrogens is 1. The van der Waals surface area contributed by atoms with E-state index in [0.717, 1.165) is 18.8 Å². The van der Waals surface area contributed by atoms with Gasteiger partial charge in [-0.05, 0) is 50.2 Å². The molecule has 0 radical (unpaired) electrons. The van der Waals surface area contributed by atoms with Crippen molar-refractivity contribution < 1.29 is 0 Å². The number of anilines is 2. The summed E-state index contributed by atoms with van der Waals surface area (Å²) in [5.74, 6) is 0.623. The summed E-state index contributed by atoms with van der Waals surface area (Å²) in [6.07, 6.45) is 2.40. The molecule has 0 unspecified atom stereocenters. The quantitative estimate of drug-likeness (QED) is 0.493. The van der Waals surface area contributed by atoms with E-state index in [2.05, 4.69) is 58.5 Å². The van der Waals surface area contributed by atoms with E-state index in [0.29, 0.717) is 5.92 Å². The second-order valence-corrected chi connectivity index (χ2v) is 8.50. The van der Waals surface area contributed by atoms with E-state index in [1.54, 1.807) is 0 Å². The van der Waals surface area contributed by atoms with Crippen molar-refractivity contribution in [1.82, 2.24) is 10.3 Å². The Morgan fingerprint density at radius 3 is 2.72 bits per heavy atom. The molecule has 25 heavy (non-hydrogen) atoms. The standard InChI is InChI=1S/C20H19N3S2/c1-2-4-18-15(3-1)22-16-11-14(5-6-19(16)25-18)17-12-24-20(23-17)13-7-9-21-10-8-13/h1-6,11-13,21-22H,7-10H2. The van der Waals surface area contributed by atoms with Crippen LogP contribution in [0.1, 0.15) is 23.8 Å². The van der Waals surface area contributed by atoms with Crippen LogP contribution in [0.4, 0.5) is 11.4 Å². The van der Waals surface area contributed by atoms with E-state index in [1.165, 1.54) is 44.6 Å². The highest BCUT2D eigenvalue weighted by atomic mass is 32.2. The number of nitrogens with one attached hydrogen (secondary N) is 2. The highest BCUT2D eigenvalue weighted by Gasteiger charge is 2.20. The van der Waals surface area contributed by atoms with Crippen LogP contribution >= 0.6 is 23.1 Å². The molecule has 1 aromatic heterocycles. The number of hydrogen-bond donors (Lipinski definition) is 2. The molecule has 2 N–H and O–H groups in total. The molecule has 0 atom stereocenters. The van der Waals surface area contributed by atoms with E-state index in [-0.39, 0.29) is 0 Å². The van der Waals surface area contributed by atoms with Crippen LogP contribution in [-0.4, -0.2) is 18.1 Å². The molecule has 0 spiro atoms. The van der Waals surface area contributed by atoms with Crippen LogP contribution in [0.2, 0.25) is 0 Å². The largest absolute Gasteiger partial charge is 0.354 e. The summed E-state index contributed by atoms with van der Waals surface area (Å²) < 4.78 is 0. The highest BCUT2D eigenvalue weighted by Crippen LogP contribution is 2.45. The van der Waals surface area contributed by atoms with Crippen molar-refractivity contribution in [3.63, 3.8) is 0 Å². The molecule has 3 heterocycles. The van der Waals surface area contributed by atoms with Gasteiger partial charge in [-0.2, -0.15) is 0 Å². The van der Waals surface area contributed by atoms with Crippen LogP contribution in [0, 0.1) is 0 Å². The van der Waals surface area contributed by atoms with E-state index in [4.69, 9.17) is 4.98 Å². The van der Waals surface area contributed by atoms with Crippen LogP contribution < -0.4 is 10.6 Å². The Balaban J connectivity index is 1.43. The molecule has 5 heteroatoms. The van der Waals surface area contributed by atoms with Crippen LogP contribution in [-0.2, 0) is 0 Å². The lowest BCUT2D eigenvalue weighted by molar-refractivity contribution is 0.459. The summed E-state index contributed by atoms with van der Waals surface area (Å²) in [6, 6.07) is 15.1. The molecule has 0 bridgehead atoms. The Morgan fingerprint density at radius 2 is 1.80 bits per heavy atom. The second kappa shape index (κ2) is 6.48. The molecular weight excluding hydrogens is 346 g/mol. The molecule has 3 aromatic rings. The monoisotopic (exact) mass is 365 g/mol. The Morgan fingerprint density at radius 1 is 0.960 bits per heavy atom. The van der Waals surface area contributed by atoms with Gasteiger partial charge in [0, 0.05) is 26.7 Å². The predicted octanol–water partition coefficient (Wildman–Crippen LogP) is 5.49. The summed E-state index contributed by atoms with van der Waals surface area (Å²) in [6.45, 7) is 2.22. The first-order chi connectivity index (χ1) is 12.4. The highest BCUT2D eigenvalue weighted by molar-refractivity contribution is 7.99. The molecule has 1 fully saturated rings. The maximum Gasteiger partial charge on any atom is 0.0964 e. The lowest BCUT2D eigenvalue weighted by Gasteiger charge is -2.21. The number of thiazole rings is 1. The molecule has 126 valence electrons. The maximum absolute atomic E-state index is 4.95. The smallest absolute Gasteiger partial charge is 0.0964 e. The Hall–Kier alpha value is -1.82. The first-order valence-electron chi connectivity index (χ1n) is 8.71. The minimum absolute atomic E-state index is 0.623. The molecule has 3 nitrogen and oxygen atoms in total. The summed E-state index contributed by atoms with van der Waals surface area (Å²) in [5.41, 5.74) is 4.66. The van der Waals surface area contributed by atoms with Crippen LogP contribution in [0.3, 0.4) is 0 Å². The topological polar surface area (TPSA) is 37.0 Å². The second-order valence-electron chi connectivity index (χ2n) is 6.53. The fourth-order valence-corrected chi connectivity index (χ4v) is 5.44. The first-order valence-corrected chi connectivity index (χ1v) is 10.4. The number of hydrogen-bond acceptors (Lipinski definition) is 5. The van der Waals surface area contributed by atoms with Crippen molar-refractivity contribution in [3.05, 3.63) is 52.9 Å². The number of rotatable bonds is 2. The summed E-state index contributed by atoms with van der Waals surface area (Å²) in [5, 5.41) is 10.5. The minimum atomic E-state index is 0.623. The van der Waals surface area contributed by atoms with Gasteiger partial charge in [0.05, 0.1) is 22.1 Å². The first kappa shape index (κ1) is 15.4. The van der Waals surface area contributed by atoms with Gasteiger partial charge in [-0.3, -0.25) is 0 Å². The summed E-state index contributed by atoms with van der Waals surface area (Å²) >= 11 is 3.64. The van der Waals surface area contributed by atoms with Crippen molar-refractivity contribution >= 4 is 34.5 Å². The van der Waals surface area contributed by atoms with Gasteiger partial charge in [-0.15, -0.1) is 11.3 Å². The van der Waals surface area contributed by atoms with Crippen molar-refractivity contribution in [3.8, 4) is 11.3 Å². The number of piperidine rings is 1. The molecule has 2 aliphatic heterocycles. The van der Waals surface area contributed by atoms with E-state index in [1.807, 2.05) is 23.1 Å². The lowest BCUT2D eigenvalue weighted by atomic mass is 9.99. The van der Waals surface area contributed by atoms with Crippen molar-refractivity contribution in [2.75, 3.05) is 18.4 Å². The number of nitrogens with zero attached hydrogens (tertiary/aromatic N) is 1. The molecule has 5 rings (SSSR count). The summed E-state index contributed by atoms with van der Waals surface area (Å²) in [4.78, 5) is 7.51. The van der Waals surface area contributed by atoms with Crippen LogP contribution in [0.15, 0.2) is 57.6 Å². The Kier molecular flexibility index (Phi) is 4.00. The SMILES string of the molecule is c1ccc2c(c1)Nc1cc(-c3csc(C4CCNCC4)n3)ccc1S2. The fraction of sp³-hybridized carbons (Fsp3) is 0.250. The third-order valence-electron chi connectivity index (χ3n) is 4.86. The normalized spacial score (nSPS) is 16.8. The number of fused-ring (bicyclic) bond motifs is 2. The predicted molar refractivity (Wildman–Crippen MR) is 106 cm³/mol. The van der Waals surface area contributed by atoms with Gasteiger partial charge in [-0.25, -0.2) is 4.98 Å². The van der Waals surface area contributed by atoms with E-state index in [9.17, 15) is 0 Å². The molecule has 2 aromatic carbocycles. The fourth-order valence-electron chi connectivity index (χ4n) is 3.48. The van der Waals surface area contributed by atoms with E-state index < -0.39 is 0 Å². The zero-order valence-corrected chi connectivity index (χ0v) is 15.4. The zero-order valence-electron chi connectivity index (χ0n) is 13.8. The summed E-state index contributed by atoms with van der Waals surface area (Å²) in [7, 11) is 0. The van der Waals surface area contributed by atoms with Gasteiger partial charge in [0.25, 0.3) is 0 Å². The zero-order chi connectivity index (χ0) is 16.6. The average molecular weight is 366 g/mol. The molecule has 0 amide bonds. The van der Waals surface area contributed by atoms with Gasteiger partial charge < -0.3 is 10.6 Å². The maximum atomic E-state index is 4.95. The van der Waals surface area contributed by atoms with E-state index >= 15 is 0 Å². The molecule has 0 saturated carbocycles. The number of para-hydroxylation sites is 1. The number of benzene rings is 2.